The van der Waals surface area contributed by atoms with E-state index in [1.807, 2.05) is 32.0 Å². The summed E-state index contributed by atoms with van der Waals surface area (Å²) in [5.74, 6) is 2.37. The van der Waals surface area contributed by atoms with Crippen molar-refractivity contribution in [1.29, 1.82) is 0 Å². The maximum absolute atomic E-state index is 12.5. The van der Waals surface area contributed by atoms with Crippen LogP contribution in [0.1, 0.15) is 24.2 Å². The lowest BCUT2D eigenvalue weighted by molar-refractivity contribution is 0.601. The Morgan fingerprint density at radius 3 is 2.17 bits per heavy atom. The van der Waals surface area contributed by atoms with Crippen LogP contribution in [0.4, 0.5) is 23.0 Å². The fraction of sp³-hybridized carbons (Fsp3) is 0.273. The molecule has 1 aromatic heterocycles. The molecule has 2 aromatic carbocycles. The van der Waals surface area contributed by atoms with Gasteiger partial charge in [0.2, 0.25) is 0 Å². The molecule has 1 aliphatic rings. The van der Waals surface area contributed by atoms with Crippen LogP contribution in [0.2, 0.25) is 0 Å². The summed E-state index contributed by atoms with van der Waals surface area (Å²) in [7, 11) is -3.62. The van der Waals surface area contributed by atoms with Crippen molar-refractivity contribution in [2.45, 2.75) is 31.6 Å². The van der Waals surface area contributed by atoms with Crippen molar-refractivity contribution in [3.8, 4) is 0 Å². The van der Waals surface area contributed by atoms with Crippen LogP contribution < -0.4 is 14.9 Å². The number of aromatic nitrogens is 2. The van der Waals surface area contributed by atoms with Crippen molar-refractivity contribution in [3.05, 3.63) is 66.0 Å². The summed E-state index contributed by atoms with van der Waals surface area (Å²) >= 11 is 0. The third-order valence-electron chi connectivity index (χ3n) is 5.00. The highest BCUT2D eigenvalue weighted by atomic mass is 32.2. The first-order valence-corrected chi connectivity index (χ1v) is 11.4. The van der Waals surface area contributed by atoms with Gasteiger partial charge in [0.25, 0.3) is 10.0 Å². The molecule has 0 unspecified atom stereocenters. The number of nitrogens with zero attached hydrogens (tertiary/aromatic N) is 3. The molecule has 0 saturated carbocycles. The maximum Gasteiger partial charge on any atom is 0.261 e. The van der Waals surface area contributed by atoms with Crippen molar-refractivity contribution < 1.29 is 8.42 Å². The van der Waals surface area contributed by atoms with Gasteiger partial charge in [-0.05, 0) is 63.1 Å². The zero-order chi connectivity index (χ0) is 21.1. The zero-order valence-corrected chi connectivity index (χ0v) is 17.9. The van der Waals surface area contributed by atoms with E-state index in [9.17, 15) is 8.42 Å². The van der Waals surface area contributed by atoms with Crippen molar-refractivity contribution >= 4 is 33.0 Å². The molecule has 2 N–H and O–H groups in total. The van der Waals surface area contributed by atoms with Crippen molar-refractivity contribution in [2.24, 2.45) is 0 Å². The molecule has 156 valence electrons. The number of aryl methyl sites for hydroxylation is 2. The van der Waals surface area contributed by atoms with E-state index in [2.05, 4.69) is 24.9 Å². The highest BCUT2D eigenvalue weighted by molar-refractivity contribution is 7.92. The highest BCUT2D eigenvalue weighted by Gasteiger charge is 2.16. The molecule has 8 heteroatoms. The van der Waals surface area contributed by atoms with Crippen LogP contribution in [0.3, 0.4) is 0 Å². The average molecular weight is 424 g/mol. The monoisotopic (exact) mass is 423 g/mol. The van der Waals surface area contributed by atoms with Gasteiger partial charge in [0, 0.05) is 30.5 Å². The van der Waals surface area contributed by atoms with E-state index in [1.54, 1.807) is 36.4 Å². The molecule has 1 aliphatic heterocycles. The molecule has 0 atom stereocenters. The van der Waals surface area contributed by atoms with Gasteiger partial charge in [0.15, 0.2) is 0 Å². The van der Waals surface area contributed by atoms with Crippen LogP contribution in [0.25, 0.3) is 0 Å². The largest absolute Gasteiger partial charge is 0.356 e. The molecule has 30 heavy (non-hydrogen) atoms. The fourth-order valence-electron chi connectivity index (χ4n) is 3.43. The van der Waals surface area contributed by atoms with Gasteiger partial charge >= 0.3 is 0 Å². The predicted molar refractivity (Wildman–Crippen MR) is 120 cm³/mol. The van der Waals surface area contributed by atoms with Crippen LogP contribution in [0.15, 0.2) is 59.5 Å². The summed E-state index contributed by atoms with van der Waals surface area (Å²) in [4.78, 5) is 11.5. The van der Waals surface area contributed by atoms with Gasteiger partial charge in [-0.2, -0.15) is 0 Å². The van der Waals surface area contributed by atoms with E-state index in [0.717, 1.165) is 36.0 Å². The Labute approximate surface area is 177 Å². The molecule has 3 aromatic rings. The molecule has 4 rings (SSSR count). The minimum Gasteiger partial charge on any atom is -0.356 e. The summed E-state index contributed by atoms with van der Waals surface area (Å²) in [5.41, 5.74) is 2.33. The Bertz CT molecular complexity index is 1120. The van der Waals surface area contributed by atoms with Crippen LogP contribution in [-0.4, -0.2) is 31.5 Å². The average Bonchev–Trinajstić information content (AvgIpc) is 3.24. The third kappa shape index (κ3) is 4.71. The van der Waals surface area contributed by atoms with Crippen LogP contribution in [-0.2, 0) is 10.0 Å². The number of sulfonamides is 1. The van der Waals surface area contributed by atoms with Gasteiger partial charge < -0.3 is 10.2 Å². The number of hydrogen-bond acceptors (Lipinski definition) is 6. The van der Waals surface area contributed by atoms with Gasteiger partial charge in [-0.15, -0.1) is 0 Å². The van der Waals surface area contributed by atoms with E-state index in [4.69, 9.17) is 0 Å². The molecular formula is C22H25N5O2S. The molecule has 0 bridgehead atoms. The summed E-state index contributed by atoms with van der Waals surface area (Å²) < 4.78 is 27.7. The quantitative estimate of drug-likeness (QED) is 0.617. The molecule has 1 fully saturated rings. The Morgan fingerprint density at radius 1 is 0.867 bits per heavy atom. The minimum atomic E-state index is -3.62. The van der Waals surface area contributed by atoms with Gasteiger partial charge in [0.05, 0.1) is 4.90 Å². The lowest BCUT2D eigenvalue weighted by Gasteiger charge is -2.18. The minimum absolute atomic E-state index is 0.237. The van der Waals surface area contributed by atoms with Crippen molar-refractivity contribution in [1.82, 2.24) is 9.97 Å². The molecule has 0 radical (unpaired) electrons. The second-order valence-electron chi connectivity index (χ2n) is 7.47. The number of hydrogen-bond donors (Lipinski definition) is 2. The second kappa shape index (κ2) is 8.31. The molecule has 0 spiro atoms. The first kappa shape index (κ1) is 20.2. The number of nitrogens with one attached hydrogen (secondary N) is 2. The number of anilines is 4. The molecule has 2 heterocycles. The standard InChI is InChI=1S/C22H25N5O2S/c1-16-5-11-20(12-6-16)30(28,29)26-19-9-7-18(8-10-19)25-21-15-22(24-17(2)23-21)27-13-3-4-14-27/h5-12,15,26H,3-4,13-14H2,1-2H3,(H,23,24,25). The lowest BCUT2D eigenvalue weighted by atomic mass is 10.2. The van der Waals surface area contributed by atoms with E-state index < -0.39 is 10.0 Å². The van der Waals surface area contributed by atoms with Crippen molar-refractivity contribution in [2.75, 3.05) is 28.0 Å². The molecule has 0 aliphatic carbocycles. The van der Waals surface area contributed by atoms with Crippen LogP contribution in [0.5, 0.6) is 0 Å². The summed E-state index contributed by atoms with van der Waals surface area (Å²) in [6.45, 7) is 5.84. The Balaban J connectivity index is 1.47. The highest BCUT2D eigenvalue weighted by Crippen LogP contribution is 2.24. The Hall–Kier alpha value is -3.13. The fourth-order valence-corrected chi connectivity index (χ4v) is 4.48. The van der Waals surface area contributed by atoms with Gasteiger partial charge in [-0.1, -0.05) is 17.7 Å². The molecule has 1 saturated heterocycles. The van der Waals surface area contributed by atoms with E-state index in [-0.39, 0.29) is 4.90 Å². The van der Waals surface area contributed by atoms with Gasteiger partial charge in [-0.25, -0.2) is 18.4 Å². The van der Waals surface area contributed by atoms with Gasteiger partial charge in [-0.3, -0.25) is 4.72 Å². The second-order valence-corrected chi connectivity index (χ2v) is 9.16. The molecular weight excluding hydrogens is 398 g/mol. The SMILES string of the molecule is Cc1ccc(S(=O)(=O)Nc2ccc(Nc3cc(N4CCCC4)nc(C)n3)cc2)cc1. The first-order valence-electron chi connectivity index (χ1n) is 9.96. The van der Waals surface area contributed by atoms with Gasteiger partial charge in [0.1, 0.15) is 17.5 Å². The lowest BCUT2D eigenvalue weighted by Crippen LogP contribution is -2.19. The first-order chi connectivity index (χ1) is 14.4. The summed E-state index contributed by atoms with van der Waals surface area (Å²) in [6.07, 6.45) is 2.37. The normalized spacial score (nSPS) is 14.0. The van der Waals surface area contributed by atoms with E-state index in [1.165, 1.54) is 12.8 Å². The topological polar surface area (TPSA) is 87.2 Å². The third-order valence-corrected chi connectivity index (χ3v) is 6.39. The predicted octanol–water partition coefficient (Wildman–Crippen LogP) is 4.24. The Morgan fingerprint density at radius 2 is 1.50 bits per heavy atom. The molecule has 0 amide bonds. The zero-order valence-electron chi connectivity index (χ0n) is 17.1. The van der Waals surface area contributed by atoms with Crippen LogP contribution >= 0.6 is 0 Å². The number of rotatable bonds is 6. The summed E-state index contributed by atoms with van der Waals surface area (Å²) in [5, 5.41) is 3.28. The van der Waals surface area contributed by atoms with E-state index in [0.29, 0.717) is 11.5 Å². The molecule has 7 nitrogen and oxygen atoms in total. The van der Waals surface area contributed by atoms with Crippen molar-refractivity contribution in [3.63, 3.8) is 0 Å². The number of benzene rings is 2. The van der Waals surface area contributed by atoms with Crippen LogP contribution in [0, 0.1) is 13.8 Å². The maximum atomic E-state index is 12.5. The smallest absolute Gasteiger partial charge is 0.261 e. The summed E-state index contributed by atoms with van der Waals surface area (Å²) in [6, 6.07) is 15.8. The Kier molecular flexibility index (Phi) is 5.59. The van der Waals surface area contributed by atoms with E-state index >= 15 is 0 Å².